The topological polar surface area (TPSA) is 30.2 Å². The SMILES string of the molecule is Cc1cc2nncn2c2ccc(Br)cc12. The molecule has 3 rings (SSSR count). The molecule has 0 saturated carbocycles. The highest BCUT2D eigenvalue weighted by molar-refractivity contribution is 9.10. The van der Waals surface area contributed by atoms with E-state index in [1.807, 2.05) is 16.5 Å². The Morgan fingerprint density at radius 3 is 3.00 bits per heavy atom. The maximum Gasteiger partial charge on any atom is 0.161 e. The van der Waals surface area contributed by atoms with E-state index in [0.717, 1.165) is 15.6 Å². The molecular formula is C11H8BrN3. The molecule has 15 heavy (non-hydrogen) atoms. The van der Waals surface area contributed by atoms with Crippen molar-refractivity contribution in [2.45, 2.75) is 6.92 Å². The summed E-state index contributed by atoms with van der Waals surface area (Å²) in [4.78, 5) is 0. The number of benzene rings is 1. The van der Waals surface area contributed by atoms with Crippen LogP contribution in [0.5, 0.6) is 0 Å². The van der Waals surface area contributed by atoms with E-state index < -0.39 is 0 Å². The third-order valence-corrected chi connectivity index (χ3v) is 3.06. The molecule has 0 aliphatic heterocycles. The average molecular weight is 262 g/mol. The first kappa shape index (κ1) is 8.85. The highest BCUT2D eigenvalue weighted by atomic mass is 79.9. The molecule has 0 aliphatic rings. The van der Waals surface area contributed by atoms with Crippen LogP contribution >= 0.6 is 15.9 Å². The summed E-state index contributed by atoms with van der Waals surface area (Å²) in [6.45, 7) is 2.09. The van der Waals surface area contributed by atoms with Gasteiger partial charge >= 0.3 is 0 Å². The van der Waals surface area contributed by atoms with E-state index in [0.29, 0.717) is 0 Å². The molecule has 0 unspecified atom stereocenters. The van der Waals surface area contributed by atoms with Gasteiger partial charge in [0.25, 0.3) is 0 Å². The molecule has 0 radical (unpaired) electrons. The number of hydrogen-bond acceptors (Lipinski definition) is 2. The van der Waals surface area contributed by atoms with Crippen LogP contribution in [0.15, 0.2) is 35.1 Å². The van der Waals surface area contributed by atoms with Crippen LogP contribution in [0, 0.1) is 6.92 Å². The third-order valence-electron chi connectivity index (χ3n) is 2.56. The number of hydrogen-bond donors (Lipinski definition) is 0. The van der Waals surface area contributed by atoms with E-state index in [1.54, 1.807) is 6.33 Å². The fraction of sp³-hybridized carbons (Fsp3) is 0.0909. The summed E-state index contributed by atoms with van der Waals surface area (Å²) < 4.78 is 3.08. The summed E-state index contributed by atoms with van der Waals surface area (Å²) >= 11 is 3.48. The summed E-state index contributed by atoms with van der Waals surface area (Å²) in [5.74, 6) is 0. The van der Waals surface area contributed by atoms with Gasteiger partial charge < -0.3 is 0 Å². The van der Waals surface area contributed by atoms with Crippen molar-refractivity contribution in [1.82, 2.24) is 14.6 Å². The van der Waals surface area contributed by atoms with Crippen LogP contribution in [0.25, 0.3) is 16.6 Å². The van der Waals surface area contributed by atoms with Crippen LogP contribution in [-0.4, -0.2) is 14.6 Å². The second-order valence-corrected chi connectivity index (χ2v) is 4.46. The van der Waals surface area contributed by atoms with E-state index in [1.165, 1.54) is 10.9 Å². The van der Waals surface area contributed by atoms with Crippen molar-refractivity contribution in [3.63, 3.8) is 0 Å². The second-order valence-electron chi connectivity index (χ2n) is 3.55. The lowest BCUT2D eigenvalue weighted by Crippen LogP contribution is -1.89. The Balaban J connectivity index is 2.61. The fourth-order valence-electron chi connectivity index (χ4n) is 1.83. The number of pyridine rings is 1. The highest BCUT2D eigenvalue weighted by Crippen LogP contribution is 2.23. The van der Waals surface area contributed by atoms with Gasteiger partial charge in [0.1, 0.15) is 6.33 Å². The minimum Gasteiger partial charge on any atom is -0.281 e. The van der Waals surface area contributed by atoms with Gasteiger partial charge in [0.05, 0.1) is 5.52 Å². The van der Waals surface area contributed by atoms with Crippen LogP contribution in [0.3, 0.4) is 0 Å². The summed E-state index contributed by atoms with van der Waals surface area (Å²) in [5.41, 5.74) is 3.24. The van der Waals surface area contributed by atoms with Crippen LogP contribution < -0.4 is 0 Å². The largest absolute Gasteiger partial charge is 0.281 e. The zero-order valence-electron chi connectivity index (χ0n) is 8.11. The van der Waals surface area contributed by atoms with Crippen molar-refractivity contribution >= 4 is 32.5 Å². The summed E-state index contributed by atoms with van der Waals surface area (Å²) in [5, 5.41) is 9.19. The molecule has 1 aromatic carbocycles. The van der Waals surface area contributed by atoms with Crippen molar-refractivity contribution < 1.29 is 0 Å². The Labute approximate surface area is 94.9 Å². The highest BCUT2D eigenvalue weighted by Gasteiger charge is 2.04. The molecule has 2 aromatic heterocycles. The van der Waals surface area contributed by atoms with Gasteiger partial charge in [0, 0.05) is 9.86 Å². The zero-order valence-corrected chi connectivity index (χ0v) is 9.69. The third kappa shape index (κ3) is 1.25. The summed E-state index contributed by atoms with van der Waals surface area (Å²) in [6, 6.07) is 8.26. The minimum atomic E-state index is 0.891. The number of nitrogens with zero attached hydrogens (tertiary/aromatic N) is 3. The van der Waals surface area contributed by atoms with E-state index in [4.69, 9.17) is 0 Å². The summed E-state index contributed by atoms with van der Waals surface area (Å²) in [7, 11) is 0. The van der Waals surface area contributed by atoms with Gasteiger partial charge in [-0.1, -0.05) is 15.9 Å². The first-order chi connectivity index (χ1) is 7.25. The van der Waals surface area contributed by atoms with E-state index in [9.17, 15) is 0 Å². The number of rotatable bonds is 0. The lowest BCUT2D eigenvalue weighted by molar-refractivity contribution is 1.11. The molecule has 0 fully saturated rings. The summed E-state index contributed by atoms with van der Waals surface area (Å²) in [6.07, 6.45) is 1.74. The van der Waals surface area contributed by atoms with Crippen LogP contribution in [0.2, 0.25) is 0 Å². The van der Waals surface area contributed by atoms with Crippen molar-refractivity contribution in [1.29, 1.82) is 0 Å². The Hall–Kier alpha value is -1.42. The van der Waals surface area contributed by atoms with Crippen molar-refractivity contribution in [2.75, 3.05) is 0 Å². The molecule has 0 spiro atoms. The Morgan fingerprint density at radius 1 is 1.27 bits per heavy atom. The molecule has 0 N–H and O–H groups in total. The number of fused-ring (bicyclic) bond motifs is 3. The smallest absolute Gasteiger partial charge is 0.161 e. The predicted molar refractivity (Wildman–Crippen MR) is 62.9 cm³/mol. The van der Waals surface area contributed by atoms with Crippen molar-refractivity contribution in [3.05, 3.63) is 40.6 Å². The normalized spacial score (nSPS) is 11.3. The molecule has 2 heterocycles. The van der Waals surface area contributed by atoms with Gasteiger partial charge in [-0.15, -0.1) is 10.2 Å². The van der Waals surface area contributed by atoms with E-state index >= 15 is 0 Å². The van der Waals surface area contributed by atoms with Crippen molar-refractivity contribution in [2.24, 2.45) is 0 Å². The first-order valence-electron chi connectivity index (χ1n) is 4.64. The molecule has 0 aliphatic carbocycles. The van der Waals surface area contributed by atoms with Gasteiger partial charge in [-0.2, -0.15) is 0 Å². The molecule has 4 heteroatoms. The Morgan fingerprint density at radius 2 is 2.13 bits per heavy atom. The van der Waals surface area contributed by atoms with Gasteiger partial charge in [-0.05, 0) is 36.8 Å². The van der Waals surface area contributed by atoms with Gasteiger partial charge in [0.15, 0.2) is 5.65 Å². The monoisotopic (exact) mass is 261 g/mol. The molecule has 0 atom stereocenters. The predicted octanol–water partition coefficient (Wildman–Crippen LogP) is 2.95. The maximum atomic E-state index is 4.05. The first-order valence-corrected chi connectivity index (χ1v) is 5.43. The standard InChI is InChI=1S/C11H8BrN3/c1-7-4-11-14-13-6-15(11)10-3-2-8(12)5-9(7)10/h2-6H,1H3. The fourth-order valence-corrected chi connectivity index (χ4v) is 2.19. The quantitative estimate of drug-likeness (QED) is 0.623. The molecular weight excluding hydrogens is 254 g/mol. The van der Waals surface area contributed by atoms with Crippen LogP contribution in [-0.2, 0) is 0 Å². The number of aromatic nitrogens is 3. The van der Waals surface area contributed by atoms with Gasteiger partial charge in [0.2, 0.25) is 0 Å². The Kier molecular flexibility index (Phi) is 1.79. The van der Waals surface area contributed by atoms with E-state index in [2.05, 4.69) is 45.2 Å². The molecule has 0 bridgehead atoms. The van der Waals surface area contributed by atoms with Crippen LogP contribution in [0.4, 0.5) is 0 Å². The van der Waals surface area contributed by atoms with Gasteiger partial charge in [-0.25, -0.2) is 0 Å². The molecule has 0 amide bonds. The van der Waals surface area contributed by atoms with Gasteiger partial charge in [-0.3, -0.25) is 4.40 Å². The average Bonchev–Trinajstić information content (AvgIpc) is 2.66. The van der Waals surface area contributed by atoms with Crippen LogP contribution in [0.1, 0.15) is 5.56 Å². The minimum absolute atomic E-state index is 0.891. The molecule has 3 nitrogen and oxygen atoms in total. The number of aryl methyl sites for hydroxylation is 1. The molecule has 0 saturated heterocycles. The second kappa shape index (κ2) is 3.03. The zero-order chi connectivity index (χ0) is 10.4. The van der Waals surface area contributed by atoms with Crippen molar-refractivity contribution in [3.8, 4) is 0 Å². The molecule has 3 aromatic rings. The lowest BCUT2D eigenvalue weighted by Gasteiger charge is -2.05. The molecule has 74 valence electrons. The van der Waals surface area contributed by atoms with E-state index in [-0.39, 0.29) is 0 Å². The maximum absolute atomic E-state index is 4.05. The number of halogens is 1. The Bertz CT molecular complexity index is 657. The lowest BCUT2D eigenvalue weighted by atomic mass is 10.1.